The van der Waals surface area contributed by atoms with Gasteiger partial charge in [0.05, 0.1) is 11.9 Å². The van der Waals surface area contributed by atoms with Gasteiger partial charge in [0.1, 0.15) is 6.26 Å². The zero-order valence-electron chi connectivity index (χ0n) is 8.15. The minimum Gasteiger partial charge on any atom is -0.416 e. The average molecular weight is 189 g/mol. The summed E-state index contributed by atoms with van der Waals surface area (Å²) in [4.78, 5) is 11.2. The smallest absolute Gasteiger partial charge is 0.416 e. The summed E-state index contributed by atoms with van der Waals surface area (Å²) in [5, 5.41) is 0. The quantitative estimate of drug-likeness (QED) is 0.688. The number of oxazole rings is 1. The molecule has 2 rings (SSSR count). The van der Waals surface area contributed by atoms with Gasteiger partial charge in [-0.15, -0.1) is 0 Å². The van der Waals surface area contributed by atoms with Crippen LogP contribution < -0.4 is 5.76 Å². The maximum atomic E-state index is 11.2. The van der Waals surface area contributed by atoms with Crippen molar-refractivity contribution in [2.45, 2.75) is 13.8 Å². The third-order valence-corrected chi connectivity index (χ3v) is 2.34. The van der Waals surface area contributed by atoms with E-state index in [9.17, 15) is 4.79 Å². The van der Waals surface area contributed by atoms with Crippen molar-refractivity contribution < 1.29 is 4.42 Å². The molecule has 0 spiro atoms. The summed E-state index contributed by atoms with van der Waals surface area (Å²) < 4.78 is 6.18. The molecule has 0 atom stereocenters. The van der Waals surface area contributed by atoms with Crippen LogP contribution in [0.5, 0.6) is 0 Å². The molecule has 3 nitrogen and oxygen atoms in total. The number of rotatable bonds is 1. The summed E-state index contributed by atoms with van der Waals surface area (Å²) in [6, 6.07) is 5.86. The Bertz CT molecular complexity index is 508. The molecular weight excluding hydrogens is 178 g/mol. The summed E-state index contributed by atoms with van der Waals surface area (Å²) in [5.41, 5.74) is 3.22. The lowest BCUT2D eigenvalue weighted by atomic mass is 10.1. The molecule has 0 fully saturated rings. The fraction of sp³-hybridized carbons (Fsp3) is 0.182. The van der Waals surface area contributed by atoms with Gasteiger partial charge >= 0.3 is 5.76 Å². The van der Waals surface area contributed by atoms with Crippen LogP contribution in [-0.4, -0.2) is 4.57 Å². The van der Waals surface area contributed by atoms with Crippen LogP contribution in [0.3, 0.4) is 0 Å². The highest BCUT2D eigenvalue weighted by atomic mass is 16.4. The van der Waals surface area contributed by atoms with E-state index < -0.39 is 0 Å². The second-order valence-electron chi connectivity index (χ2n) is 3.31. The Morgan fingerprint density at radius 1 is 1.21 bits per heavy atom. The Labute approximate surface area is 81.6 Å². The number of nitrogens with zero attached hydrogens (tertiary/aromatic N) is 1. The van der Waals surface area contributed by atoms with Crippen molar-refractivity contribution in [3.63, 3.8) is 0 Å². The number of aromatic nitrogens is 1. The Morgan fingerprint density at radius 2 is 2.00 bits per heavy atom. The molecule has 3 heteroatoms. The van der Waals surface area contributed by atoms with Crippen LogP contribution in [-0.2, 0) is 0 Å². The molecule has 0 saturated heterocycles. The van der Waals surface area contributed by atoms with Crippen LogP contribution in [0.2, 0.25) is 0 Å². The van der Waals surface area contributed by atoms with Gasteiger partial charge in [-0.1, -0.05) is 6.07 Å². The molecule has 0 radical (unpaired) electrons. The summed E-state index contributed by atoms with van der Waals surface area (Å²) >= 11 is 0. The van der Waals surface area contributed by atoms with Gasteiger partial charge < -0.3 is 4.42 Å². The van der Waals surface area contributed by atoms with Crippen LogP contribution in [0.15, 0.2) is 39.9 Å². The van der Waals surface area contributed by atoms with E-state index in [1.165, 1.54) is 16.4 Å². The molecular formula is C11H11NO2. The van der Waals surface area contributed by atoms with Crippen molar-refractivity contribution in [1.82, 2.24) is 4.57 Å². The number of hydrogen-bond donors (Lipinski definition) is 0. The highest BCUT2D eigenvalue weighted by Crippen LogP contribution is 2.12. The minimum absolute atomic E-state index is 0.353. The average Bonchev–Trinajstić information content (AvgIpc) is 2.57. The molecule has 0 saturated carbocycles. The minimum atomic E-state index is -0.353. The maximum Gasteiger partial charge on any atom is 0.423 e. The van der Waals surface area contributed by atoms with Gasteiger partial charge in [0.15, 0.2) is 0 Å². The van der Waals surface area contributed by atoms with E-state index in [0.717, 1.165) is 11.3 Å². The molecule has 72 valence electrons. The maximum absolute atomic E-state index is 11.2. The van der Waals surface area contributed by atoms with Crippen LogP contribution in [0.4, 0.5) is 0 Å². The van der Waals surface area contributed by atoms with Gasteiger partial charge in [-0.2, -0.15) is 0 Å². The lowest BCUT2D eigenvalue weighted by Gasteiger charge is -2.03. The topological polar surface area (TPSA) is 35.1 Å². The lowest BCUT2D eigenvalue weighted by molar-refractivity contribution is 0.504. The second kappa shape index (κ2) is 3.18. The molecule has 14 heavy (non-hydrogen) atoms. The fourth-order valence-electron chi connectivity index (χ4n) is 1.33. The van der Waals surface area contributed by atoms with E-state index in [2.05, 4.69) is 0 Å². The van der Waals surface area contributed by atoms with Crippen molar-refractivity contribution in [3.8, 4) is 5.69 Å². The third kappa shape index (κ3) is 1.37. The van der Waals surface area contributed by atoms with E-state index in [0.29, 0.717) is 0 Å². The molecule has 0 N–H and O–H groups in total. The van der Waals surface area contributed by atoms with E-state index in [-0.39, 0.29) is 5.76 Å². The molecule has 0 amide bonds. The van der Waals surface area contributed by atoms with Gasteiger partial charge in [-0.05, 0) is 37.1 Å². The van der Waals surface area contributed by atoms with Crippen molar-refractivity contribution in [2.24, 2.45) is 0 Å². The van der Waals surface area contributed by atoms with Gasteiger partial charge in [-0.25, -0.2) is 9.36 Å². The first-order valence-corrected chi connectivity index (χ1v) is 4.42. The normalized spacial score (nSPS) is 10.4. The van der Waals surface area contributed by atoms with E-state index in [1.54, 1.807) is 6.20 Å². The van der Waals surface area contributed by atoms with Crippen LogP contribution >= 0.6 is 0 Å². The van der Waals surface area contributed by atoms with Crippen molar-refractivity contribution in [1.29, 1.82) is 0 Å². The Hall–Kier alpha value is -1.77. The molecule has 1 heterocycles. The molecule has 0 aliphatic heterocycles. The van der Waals surface area contributed by atoms with E-state index in [4.69, 9.17) is 4.42 Å². The molecule has 0 aliphatic carbocycles. The first kappa shape index (κ1) is 8.81. The third-order valence-electron chi connectivity index (χ3n) is 2.34. The van der Waals surface area contributed by atoms with Gasteiger partial charge in [-0.3, -0.25) is 0 Å². The van der Waals surface area contributed by atoms with Gasteiger partial charge in [0, 0.05) is 0 Å². The number of benzene rings is 1. The Balaban J connectivity index is 2.59. The first-order valence-electron chi connectivity index (χ1n) is 4.42. The zero-order chi connectivity index (χ0) is 10.1. The zero-order valence-corrected chi connectivity index (χ0v) is 8.15. The number of aryl methyl sites for hydroxylation is 2. The molecule has 2 aromatic rings. The summed E-state index contributed by atoms with van der Waals surface area (Å²) in [6.45, 7) is 4.06. The lowest BCUT2D eigenvalue weighted by Crippen LogP contribution is -2.10. The van der Waals surface area contributed by atoms with Crippen LogP contribution in [0.25, 0.3) is 5.69 Å². The molecule has 0 unspecified atom stereocenters. The van der Waals surface area contributed by atoms with Gasteiger partial charge in [0.25, 0.3) is 0 Å². The van der Waals surface area contributed by atoms with E-state index >= 15 is 0 Å². The highest BCUT2D eigenvalue weighted by molar-refractivity contribution is 5.39. The SMILES string of the molecule is Cc1ccc(-n2ccoc2=O)cc1C. The molecule has 1 aromatic heterocycles. The number of hydrogen-bond acceptors (Lipinski definition) is 2. The molecule has 0 bridgehead atoms. The van der Waals surface area contributed by atoms with Crippen LogP contribution in [0, 0.1) is 13.8 Å². The van der Waals surface area contributed by atoms with Crippen molar-refractivity contribution in [2.75, 3.05) is 0 Å². The van der Waals surface area contributed by atoms with Crippen LogP contribution in [0.1, 0.15) is 11.1 Å². The molecule has 1 aromatic carbocycles. The van der Waals surface area contributed by atoms with Crippen molar-refractivity contribution >= 4 is 0 Å². The first-order chi connectivity index (χ1) is 6.68. The Kier molecular flexibility index (Phi) is 2.00. The predicted molar refractivity (Wildman–Crippen MR) is 53.8 cm³/mol. The molecule has 0 aliphatic rings. The summed E-state index contributed by atoms with van der Waals surface area (Å²) in [6.07, 6.45) is 3.00. The summed E-state index contributed by atoms with van der Waals surface area (Å²) in [5.74, 6) is -0.353. The monoisotopic (exact) mass is 189 g/mol. The standard InChI is InChI=1S/C11H11NO2/c1-8-3-4-10(7-9(8)2)12-5-6-14-11(12)13/h3-7H,1-2H3. The summed E-state index contributed by atoms with van der Waals surface area (Å²) in [7, 11) is 0. The fourth-order valence-corrected chi connectivity index (χ4v) is 1.33. The van der Waals surface area contributed by atoms with Crippen molar-refractivity contribution in [3.05, 3.63) is 52.3 Å². The Morgan fingerprint density at radius 3 is 2.57 bits per heavy atom. The second-order valence-corrected chi connectivity index (χ2v) is 3.31. The van der Waals surface area contributed by atoms with E-state index in [1.807, 2.05) is 32.0 Å². The largest absolute Gasteiger partial charge is 0.423 e. The predicted octanol–water partition coefficient (Wildman–Crippen LogP) is 2.05. The van der Waals surface area contributed by atoms with Gasteiger partial charge in [0.2, 0.25) is 0 Å². The highest BCUT2D eigenvalue weighted by Gasteiger charge is 2.02.